The smallest absolute Gasteiger partial charge is 0.166 e. The molecule has 0 spiro atoms. The number of phenolic OH excluding ortho intramolecular Hbond substituents is 1. The fourth-order valence-corrected chi connectivity index (χ4v) is 5.60. The third kappa shape index (κ3) is 4.98. The average Bonchev–Trinajstić information content (AvgIpc) is 3.43. The van der Waals surface area contributed by atoms with Crippen molar-refractivity contribution in [1.29, 1.82) is 0 Å². The number of pyridine rings is 2. The molecule has 4 heterocycles. The van der Waals surface area contributed by atoms with Gasteiger partial charge in [-0.2, -0.15) is 0 Å². The number of ether oxygens (including phenoxy) is 1. The summed E-state index contributed by atoms with van der Waals surface area (Å²) in [5.41, 5.74) is 10.6. The number of phenols is 1. The zero-order valence-corrected chi connectivity index (χ0v) is 21.6. The molecule has 1 aromatic carbocycles. The van der Waals surface area contributed by atoms with Crippen LogP contribution in [-0.2, 0) is 0 Å². The van der Waals surface area contributed by atoms with E-state index in [1.165, 1.54) is 38.8 Å². The average molecular weight is 488 g/mol. The number of piperidine rings is 1. The summed E-state index contributed by atoms with van der Waals surface area (Å²) in [5, 5.41) is 10.6. The molecule has 3 aromatic rings. The molecule has 0 bridgehead atoms. The summed E-state index contributed by atoms with van der Waals surface area (Å²) >= 11 is 0. The predicted molar refractivity (Wildman–Crippen MR) is 145 cm³/mol. The molecule has 7 nitrogen and oxygen atoms in total. The SMILES string of the molecule is Cc1ccc(C)c(C(C)Oc2cc(-c3ccc(N4CCC(N5CCCC5)CC4)nc3)cnc2N)c1O. The Morgan fingerprint density at radius 2 is 1.64 bits per heavy atom. The summed E-state index contributed by atoms with van der Waals surface area (Å²) in [5.74, 6) is 2.10. The quantitative estimate of drug-likeness (QED) is 0.491. The van der Waals surface area contributed by atoms with Gasteiger partial charge in [0.05, 0.1) is 0 Å². The van der Waals surface area contributed by atoms with Crippen LogP contribution in [0, 0.1) is 13.8 Å². The minimum atomic E-state index is -0.381. The molecule has 2 aromatic heterocycles. The van der Waals surface area contributed by atoms with Crippen molar-refractivity contribution in [3.63, 3.8) is 0 Å². The number of nitrogen functional groups attached to an aromatic ring is 1. The Bertz CT molecular complexity index is 1200. The number of likely N-dealkylation sites (tertiary alicyclic amines) is 1. The zero-order chi connectivity index (χ0) is 25.2. The van der Waals surface area contributed by atoms with E-state index < -0.39 is 0 Å². The fraction of sp³-hybridized carbons (Fsp3) is 0.448. The van der Waals surface area contributed by atoms with Crippen LogP contribution in [0.3, 0.4) is 0 Å². The number of nitrogens with two attached hydrogens (primary N) is 1. The molecule has 1 unspecified atom stereocenters. The summed E-state index contributed by atoms with van der Waals surface area (Å²) in [6.45, 7) is 10.4. The lowest BCUT2D eigenvalue weighted by Gasteiger charge is -2.37. The number of aryl methyl sites for hydroxylation is 2. The number of aromatic nitrogens is 2. The molecule has 190 valence electrons. The van der Waals surface area contributed by atoms with Gasteiger partial charge < -0.3 is 25.4 Å². The Morgan fingerprint density at radius 3 is 2.33 bits per heavy atom. The van der Waals surface area contributed by atoms with Crippen LogP contribution in [0.4, 0.5) is 11.6 Å². The molecule has 7 heteroatoms. The molecular weight excluding hydrogens is 450 g/mol. The molecule has 0 amide bonds. The highest BCUT2D eigenvalue weighted by Crippen LogP contribution is 2.36. The number of benzene rings is 1. The molecule has 2 fully saturated rings. The lowest BCUT2D eigenvalue weighted by Crippen LogP contribution is -2.44. The van der Waals surface area contributed by atoms with E-state index in [1.54, 1.807) is 6.20 Å². The molecule has 2 aliphatic heterocycles. The van der Waals surface area contributed by atoms with Crippen molar-refractivity contribution in [1.82, 2.24) is 14.9 Å². The first-order chi connectivity index (χ1) is 17.4. The maximum atomic E-state index is 10.6. The summed E-state index contributed by atoms with van der Waals surface area (Å²) in [6.07, 6.45) is 8.39. The Morgan fingerprint density at radius 1 is 0.944 bits per heavy atom. The molecule has 36 heavy (non-hydrogen) atoms. The zero-order valence-electron chi connectivity index (χ0n) is 21.6. The lowest BCUT2D eigenvalue weighted by molar-refractivity contribution is 0.207. The summed E-state index contributed by atoms with van der Waals surface area (Å²) in [7, 11) is 0. The Hall–Kier alpha value is -3.32. The van der Waals surface area contributed by atoms with Crippen LogP contribution in [0.1, 0.15) is 55.4 Å². The van der Waals surface area contributed by atoms with Crippen LogP contribution >= 0.6 is 0 Å². The van der Waals surface area contributed by atoms with Gasteiger partial charge >= 0.3 is 0 Å². The largest absolute Gasteiger partial charge is 0.507 e. The molecule has 5 rings (SSSR count). The maximum absolute atomic E-state index is 10.6. The minimum absolute atomic E-state index is 0.259. The van der Waals surface area contributed by atoms with Crippen molar-refractivity contribution in [3.05, 3.63) is 59.4 Å². The molecular formula is C29H37N5O2. The Labute approximate surface area is 213 Å². The van der Waals surface area contributed by atoms with Crippen molar-refractivity contribution >= 4 is 11.6 Å². The number of rotatable bonds is 6. The van der Waals surface area contributed by atoms with Crippen molar-refractivity contribution in [2.75, 3.05) is 36.8 Å². The molecule has 0 aliphatic carbocycles. The third-order valence-electron chi connectivity index (χ3n) is 7.76. The maximum Gasteiger partial charge on any atom is 0.166 e. The van der Waals surface area contributed by atoms with E-state index in [1.807, 2.05) is 45.2 Å². The fourth-order valence-electron chi connectivity index (χ4n) is 5.60. The van der Waals surface area contributed by atoms with Gasteiger partial charge in [0.1, 0.15) is 17.7 Å². The standard InChI is InChI=1S/C29H37N5O2/c1-19-6-7-20(2)28(35)27(19)21(3)36-25-16-23(18-32-29(25)30)22-8-9-26(31-17-22)34-14-10-24(11-15-34)33-12-4-5-13-33/h6-9,16-18,21,24,35H,4-5,10-15H2,1-3H3,(H2,30,32). The number of hydrogen-bond donors (Lipinski definition) is 2. The summed E-state index contributed by atoms with van der Waals surface area (Å²) in [6, 6.07) is 10.7. The van der Waals surface area contributed by atoms with Crippen molar-refractivity contribution < 1.29 is 9.84 Å². The van der Waals surface area contributed by atoms with Crippen molar-refractivity contribution in [2.45, 2.75) is 58.6 Å². The highest BCUT2D eigenvalue weighted by Gasteiger charge is 2.27. The van der Waals surface area contributed by atoms with Crippen LogP contribution in [0.5, 0.6) is 11.5 Å². The molecule has 3 N–H and O–H groups in total. The van der Waals surface area contributed by atoms with E-state index >= 15 is 0 Å². The van der Waals surface area contributed by atoms with E-state index in [2.05, 4.69) is 26.9 Å². The van der Waals surface area contributed by atoms with Gasteiger partial charge in [-0.1, -0.05) is 12.1 Å². The Kier molecular flexibility index (Phi) is 7.01. The van der Waals surface area contributed by atoms with E-state index in [0.29, 0.717) is 11.6 Å². The van der Waals surface area contributed by atoms with Gasteiger partial charge in [0.15, 0.2) is 11.6 Å². The van der Waals surface area contributed by atoms with Crippen LogP contribution < -0.4 is 15.4 Å². The van der Waals surface area contributed by atoms with E-state index in [4.69, 9.17) is 15.5 Å². The second kappa shape index (κ2) is 10.3. The lowest BCUT2D eigenvalue weighted by atomic mass is 10.00. The normalized spacial score (nSPS) is 17.9. The van der Waals surface area contributed by atoms with Crippen LogP contribution in [0.25, 0.3) is 11.1 Å². The molecule has 2 aliphatic rings. The molecule has 2 saturated heterocycles. The molecule has 0 radical (unpaired) electrons. The van der Waals surface area contributed by atoms with Gasteiger partial charge in [-0.3, -0.25) is 0 Å². The second-order valence-corrected chi connectivity index (χ2v) is 10.2. The number of anilines is 2. The van der Waals surface area contributed by atoms with Crippen LogP contribution in [0.2, 0.25) is 0 Å². The van der Waals surface area contributed by atoms with Gasteiger partial charge in [0.25, 0.3) is 0 Å². The van der Waals surface area contributed by atoms with Gasteiger partial charge in [-0.05, 0) is 88.9 Å². The van der Waals surface area contributed by atoms with Gasteiger partial charge in [-0.25, -0.2) is 9.97 Å². The van der Waals surface area contributed by atoms with Gasteiger partial charge in [0, 0.05) is 48.2 Å². The highest BCUT2D eigenvalue weighted by atomic mass is 16.5. The number of hydrogen-bond acceptors (Lipinski definition) is 7. The van der Waals surface area contributed by atoms with E-state index in [-0.39, 0.29) is 11.9 Å². The predicted octanol–water partition coefficient (Wildman–Crippen LogP) is 5.25. The molecule has 0 saturated carbocycles. The van der Waals surface area contributed by atoms with E-state index in [9.17, 15) is 5.11 Å². The van der Waals surface area contributed by atoms with Gasteiger partial charge in [0.2, 0.25) is 0 Å². The second-order valence-electron chi connectivity index (χ2n) is 10.2. The highest BCUT2D eigenvalue weighted by molar-refractivity contribution is 5.67. The third-order valence-corrected chi connectivity index (χ3v) is 7.76. The molecule has 1 atom stereocenters. The monoisotopic (exact) mass is 487 g/mol. The number of aromatic hydroxyl groups is 1. The van der Waals surface area contributed by atoms with Crippen molar-refractivity contribution in [2.24, 2.45) is 0 Å². The Balaban J connectivity index is 1.28. The summed E-state index contributed by atoms with van der Waals surface area (Å²) in [4.78, 5) is 14.2. The first-order valence-corrected chi connectivity index (χ1v) is 13.1. The minimum Gasteiger partial charge on any atom is -0.507 e. The van der Waals surface area contributed by atoms with Gasteiger partial charge in [-0.15, -0.1) is 0 Å². The summed E-state index contributed by atoms with van der Waals surface area (Å²) < 4.78 is 6.20. The number of nitrogens with zero attached hydrogens (tertiary/aromatic N) is 4. The van der Waals surface area contributed by atoms with Crippen molar-refractivity contribution in [3.8, 4) is 22.6 Å². The van der Waals surface area contributed by atoms with Crippen LogP contribution in [-0.4, -0.2) is 52.2 Å². The first-order valence-electron chi connectivity index (χ1n) is 13.1. The first kappa shape index (κ1) is 24.4. The van der Waals surface area contributed by atoms with Crippen LogP contribution in [0.15, 0.2) is 42.7 Å². The topological polar surface area (TPSA) is 87.7 Å². The van der Waals surface area contributed by atoms with E-state index in [0.717, 1.165) is 52.8 Å².